The number of rotatable bonds is 5. The lowest BCUT2D eigenvalue weighted by molar-refractivity contribution is -0.121. The lowest BCUT2D eigenvalue weighted by Gasteiger charge is -2.28. The molecule has 1 fully saturated rings. The molecule has 24 heavy (non-hydrogen) atoms. The fourth-order valence-electron chi connectivity index (χ4n) is 2.89. The molecule has 0 atom stereocenters. The first kappa shape index (κ1) is 16.4. The van der Waals surface area contributed by atoms with Crippen LogP contribution in [-0.4, -0.2) is 28.0 Å². The van der Waals surface area contributed by atoms with Gasteiger partial charge in [-0.25, -0.2) is 14.4 Å². The Kier molecular flexibility index (Phi) is 5.36. The highest BCUT2D eigenvalue weighted by Crippen LogP contribution is 2.22. The van der Waals surface area contributed by atoms with Crippen LogP contribution < -0.4 is 10.1 Å². The summed E-state index contributed by atoms with van der Waals surface area (Å²) in [6, 6.07) is 8.34. The number of nitrogens with zero attached hydrogens (tertiary/aromatic N) is 2. The number of amides is 1. The Labute approximate surface area is 140 Å². The maximum Gasteiger partial charge on any atom is 0.316 e. The molecular weight excluding hydrogens is 309 g/mol. The first-order valence-electron chi connectivity index (χ1n) is 8.16. The zero-order valence-corrected chi connectivity index (χ0v) is 13.3. The summed E-state index contributed by atoms with van der Waals surface area (Å²) < 4.78 is 18.6. The molecule has 0 saturated heterocycles. The van der Waals surface area contributed by atoms with E-state index in [0.717, 1.165) is 31.2 Å². The zero-order chi connectivity index (χ0) is 16.8. The first-order chi connectivity index (χ1) is 11.7. The largest absolute Gasteiger partial charge is 0.460 e. The number of nitrogens with one attached hydrogen (secondary N) is 1. The topological polar surface area (TPSA) is 64.1 Å². The predicted molar refractivity (Wildman–Crippen MR) is 87.0 cm³/mol. The number of aromatic nitrogens is 2. The second-order valence-electron chi connectivity index (χ2n) is 5.99. The smallest absolute Gasteiger partial charge is 0.316 e. The standard InChI is InChI=1S/C18H20FN3O2/c19-14-4-2-13(3-5-14)12-17(23)22-15-6-8-16(9-7-15)24-18-20-10-1-11-21-18/h1-5,10-11,15-16H,6-9,12H2,(H,22,23). The van der Waals surface area contributed by atoms with Gasteiger partial charge < -0.3 is 10.1 Å². The van der Waals surface area contributed by atoms with Crippen LogP contribution in [0.15, 0.2) is 42.7 Å². The monoisotopic (exact) mass is 329 g/mol. The molecule has 0 unspecified atom stereocenters. The Bertz CT molecular complexity index is 656. The van der Waals surface area contributed by atoms with Gasteiger partial charge in [-0.05, 0) is 49.4 Å². The van der Waals surface area contributed by atoms with Crippen LogP contribution in [0, 0.1) is 5.82 Å². The first-order valence-corrected chi connectivity index (χ1v) is 8.16. The summed E-state index contributed by atoms with van der Waals surface area (Å²) in [5.74, 6) is -0.322. The second kappa shape index (κ2) is 7.86. The minimum Gasteiger partial charge on any atom is -0.460 e. The van der Waals surface area contributed by atoms with Crippen molar-refractivity contribution < 1.29 is 13.9 Å². The zero-order valence-electron chi connectivity index (χ0n) is 13.3. The molecule has 6 heteroatoms. The fraction of sp³-hybridized carbons (Fsp3) is 0.389. The van der Waals surface area contributed by atoms with Crippen LogP contribution in [0.1, 0.15) is 31.2 Å². The average molecular weight is 329 g/mol. The Morgan fingerprint density at radius 1 is 1.12 bits per heavy atom. The quantitative estimate of drug-likeness (QED) is 0.916. The third-order valence-electron chi connectivity index (χ3n) is 4.13. The summed E-state index contributed by atoms with van der Waals surface area (Å²) in [6.45, 7) is 0. The minimum absolute atomic E-state index is 0.0302. The van der Waals surface area contributed by atoms with Gasteiger partial charge in [0.15, 0.2) is 0 Å². The highest BCUT2D eigenvalue weighted by molar-refractivity contribution is 5.78. The molecule has 0 radical (unpaired) electrons. The molecule has 0 spiro atoms. The second-order valence-corrected chi connectivity index (χ2v) is 5.99. The lowest BCUT2D eigenvalue weighted by atomic mass is 9.93. The molecule has 0 bridgehead atoms. The number of carbonyl (C=O) groups is 1. The molecular formula is C18H20FN3O2. The van der Waals surface area contributed by atoms with Gasteiger partial charge in [0.25, 0.3) is 0 Å². The molecule has 126 valence electrons. The SMILES string of the molecule is O=C(Cc1ccc(F)cc1)NC1CCC(Oc2ncccn2)CC1. The minimum atomic E-state index is -0.292. The Morgan fingerprint density at radius 2 is 1.79 bits per heavy atom. The van der Waals surface area contributed by atoms with Crippen LogP contribution in [0.5, 0.6) is 6.01 Å². The fourth-order valence-corrected chi connectivity index (χ4v) is 2.89. The lowest BCUT2D eigenvalue weighted by Crippen LogP contribution is -2.40. The molecule has 0 aliphatic heterocycles. The van der Waals surface area contributed by atoms with Crippen molar-refractivity contribution in [3.8, 4) is 6.01 Å². The number of hydrogen-bond acceptors (Lipinski definition) is 4. The highest BCUT2D eigenvalue weighted by Gasteiger charge is 2.24. The van der Waals surface area contributed by atoms with E-state index in [4.69, 9.17) is 4.74 Å². The van der Waals surface area contributed by atoms with E-state index in [1.165, 1.54) is 12.1 Å². The summed E-state index contributed by atoms with van der Waals surface area (Å²) in [7, 11) is 0. The number of hydrogen-bond donors (Lipinski definition) is 1. The van der Waals surface area contributed by atoms with Crippen LogP contribution >= 0.6 is 0 Å². The predicted octanol–water partition coefficient (Wildman–Crippen LogP) is 2.66. The van der Waals surface area contributed by atoms with Crippen molar-refractivity contribution in [2.75, 3.05) is 0 Å². The van der Waals surface area contributed by atoms with Crippen molar-refractivity contribution in [2.45, 2.75) is 44.2 Å². The molecule has 2 aromatic rings. The maximum absolute atomic E-state index is 12.9. The van der Waals surface area contributed by atoms with E-state index in [0.29, 0.717) is 6.01 Å². The van der Waals surface area contributed by atoms with Gasteiger partial charge in [0, 0.05) is 18.4 Å². The van der Waals surface area contributed by atoms with Crippen LogP contribution in [0.3, 0.4) is 0 Å². The van der Waals surface area contributed by atoms with E-state index in [-0.39, 0.29) is 30.3 Å². The van der Waals surface area contributed by atoms with Crippen LogP contribution in [0.4, 0.5) is 4.39 Å². The number of carbonyl (C=O) groups excluding carboxylic acids is 1. The van der Waals surface area contributed by atoms with Gasteiger partial charge in [-0.3, -0.25) is 4.79 Å². The van der Waals surface area contributed by atoms with E-state index in [2.05, 4.69) is 15.3 Å². The van der Waals surface area contributed by atoms with Crippen molar-refractivity contribution in [3.63, 3.8) is 0 Å². The normalized spacial score (nSPS) is 20.4. The van der Waals surface area contributed by atoms with Gasteiger partial charge in [0.2, 0.25) is 5.91 Å². The van der Waals surface area contributed by atoms with Crippen molar-refractivity contribution >= 4 is 5.91 Å². The van der Waals surface area contributed by atoms with E-state index < -0.39 is 0 Å². The van der Waals surface area contributed by atoms with Crippen molar-refractivity contribution in [1.29, 1.82) is 0 Å². The van der Waals surface area contributed by atoms with Crippen LogP contribution in [0.25, 0.3) is 0 Å². The van der Waals surface area contributed by atoms with Crippen LogP contribution in [0.2, 0.25) is 0 Å². The summed E-state index contributed by atoms with van der Waals surface area (Å²) >= 11 is 0. The van der Waals surface area contributed by atoms with E-state index in [1.807, 2.05) is 0 Å². The van der Waals surface area contributed by atoms with Crippen molar-refractivity contribution in [2.24, 2.45) is 0 Å². The Hall–Kier alpha value is -2.50. The van der Waals surface area contributed by atoms with Gasteiger partial charge in [-0.2, -0.15) is 0 Å². The number of benzene rings is 1. The van der Waals surface area contributed by atoms with E-state index >= 15 is 0 Å². The molecule has 3 rings (SSSR count). The molecule has 1 N–H and O–H groups in total. The Morgan fingerprint density at radius 3 is 2.46 bits per heavy atom. The highest BCUT2D eigenvalue weighted by atomic mass is 19.1. The number of ether oxygens (including phenoxy) is 1. The molecule has 1 aliphatic rings. The molecule has 1 aliphatic carbocycles. The molecule has 1 amide bonds. The van der Waals surface area contributed by atoms with Crippen molar-refractivity contribution in [1.82, 2.24) is 15.3 Å². The van der Waals surface area contributed by atoms with E-state index in [9.17, 15) is 9.18 Å². The molecule has 1 heterocycles. The third kappa shape index (κ3) is 4.75. The summed E-state index contributed by atoms with van der Waals surface area (Å²) in [4.78, 5) is 20.2. The molecule has 1 aromatic heterocycles. The molecule has 5 nitrogen and oxygen atoms in total. The maximum atomic E-state index is 12.9. The van der Waals surface area contributed by atoms with Crippen molar-refractivity contribution in [3.05, 3.63) is 54.1 Å². The molecule has 1 saturated carbocycles. The molecule has 1 aromatic carbocycles. The van der Waals surface area contributed by atoms with Crippen LogP contribution in [-0.2, 0) is 11.2 Å². The average Bonchev–Trinajstić information content (AvgIpc) is 2.60. The van der Waals surface area contributed by atoms with Gasteiger partial charge in [0.1, 0.15) is 11.9 Å². The van der Waals surface area contributed by atoms with Gasteiger partial charge in [-0.15, -0.1) is 0 Å². The summed E-state index contributed by atoms with van der Waals surface area (Å²) in [6.07, 6.45) is 7.14. The number of halogens is 1. The van der Waals surface area contributed by atoms with Gasteiger partial charge >= 0.3 is 6.01 Å². The van der Waals surface area contributed by atoms with E-state index in [1.54, 1.807) is 30.6 Å². The Balaban J connectivity index is 1.41. The van der Waals surface area contributed by atoms with Gasteiger partial charge in [-0.1, -0.05) is 12.1 Å². The van der Waals surface area contributed by atoms with Gasteiger partial charge in [0.05, 0.1) is 6.42 Å². The summed E-state index contributed by atoms with van der Waals surface area (Å²) in [5.41, 5.74) is 0.812. The summed E-state index contributed by atoms with van der Waals surface area (Å²) in [5, 5.41) is 3.05. The third-order valence-corrected chi connectivity index (χ3v) is 4.13.